The van der Waals surface area contributed by atoms with Crippen molar-refractivity contribution in [1.29, 1.82) is 0 Å². The number of rotatable bonds is 0. The van der Waals surface area contributed by atoms with E-state index in [9.17, 15) is 0 Å². The van der Waals surface area contributed by atoms with E-state index >= 15 is 0 Å². The van der Waals surface area contributed by atoms with Crippen molar-refractivity contribution in [2.45, 2.75) is 12.8 Å². The molecule has 0 bridgehead atoms. The van der Waals surface area contributed by atoms with Crippen molar-refractivity contribution in [1.82, 2.24) is 19.4 Å². The molecule has 0 saturated carbocycles. The zero-order valence-corrected chi connectivity index (χ0v) is 18.8. The lowest BCUT2D eigenvalue weighted by Gasteiger charge is -2.11. The predicted molar refractivity (Wildman–Crippen MR) is 140 cm³/mol. The second-order valence-electron chi connectivity index (χ2n) is 9.72. The molecule has 4 heterocycles. The van der Waals surface area contributed by atoms with Crippen molar-refractivity contribution in [3.63, 3.8) is 0 Å². The Morgan fingerprint density at radius 3 is 2.20 bits per heavy atom. The maximum absolute atomic E-state index is 5.02. The minimum Gasteiger partial charge on any atom is -0.260 e. The van der Waals surface area contributed by atoms with Gasteiger partial charge in [0.05, 0.1) is 0 Å². The molecule has 4 heteroatoms. The molecular formula is C31H18N4. The smallest absolute Gasteiger partial charge is 0.166 e. The standard InChI is InChI=1S/C31H18N4/c1-2-6-21-17(5-1)11-18-12-19-13-20-14-26-22-7-3-9-32-29(22)35-30(34-28-8-4-10-33-31(28)35)27(26)16-25(20)24(19)15-23(18)21/h1-10,12,14-16H,11,13H2. The van der Waals surface area contributed by atoms with Crippen LogP contribution in [0.25, 0.3) is 60.9 Å². The monoisotopic (exact) mass is 446 g/mol. The third kappa shape index (κ3) is 2.20. The van der Waals surface area contributed by atoms with Gasteiger partial charge in [0.1, 0.15) is 16.8 Å². The largest absolute Gasteiger partial charge is 0.260 e. The molecule has 0 spiro atoms. The van der Waals surface area contributed by atoms with Crippen LogP contribution in [0, 0.1) is 0 Å². The summed E-state index contributed by atoms with van der Waals surface area (Å²) >= 11 is 0. The van der Waals surface area contributed by atoms with Crippen LogP contribution in [-0.4, -0.2) is 19.4 Å². The van der Waals surface area contributed by atoms with Gasteiger partial charge in [0.25, 0.3) is 0 Å². The normalized spacial score (nSPS) is 13.5. The summed E-state index contributed by atoms with van der Waals surface area (Å²) < 4.78 is 2.12. The summed E-state index contributed by atoms with van der Waals surface area (Å²) in [6, 6.07) is 26.6. The van der Waals surface area contributed by atoms with Crippen molar-refractivity contribution in [3.05, 3.63) is 107 Å². The highest BCUT2D eigenvalue weighted by Crippen LogP contribution is 2.46. The van der Waals surface area contributed by atoms with E-state index in [2.05, 4.69) is 64.0 Å². The predicted octanol–water partition coefficient (Wildman–Crippen LogP) is 6.73. The van der Waals surface area contributed by atoms with Crippen molar-refractivity contribution < 1.29 is 0 Å². The van der Waals surface area contributed by atoms with Gasteiger partial charge in [-0.3, -0.25) is 4.40 Å². The van der Waals surface area contributed by atoms with Crippen molar-refractivity contribution in [2.75, 3.05) is 0 Å². The highest BCUT2D eigenvalue weighted by molar-refractivity contribution is 6.14. The molecule has 2 aliphatic rings. The fourth-order valence-electron chi connectivity index (χ4n) is 6.37. The van der Waals surface area contributed by atoms with E-state index in [1.165, 1.54) is 49.9 Å². The number of imidazole rings is 1. The van der Waals surface area contributed by atoms with Crippen LogP contribution in [0.4, 0.5) is 0 Å². The first-order valence-corrected chi connectivity index (χ1v) is 12.0. The Morgan fingerprint density at radius 1 is 0.514 bits per heavy atom. The van der Waals surface area contributed by atoms with E-state index in [1.54, 1.807) is 0 Å². The van der Waals surface area contributed by atoms with Crippen LogP contribution in [0.15, 0.2) is 85.2 Å². The van der Waals surface area contributed by atoms with Gasteiger partial charge in [-0.05, 0) is 105 Å². The molecule has 0 N–H and O–H groups in total. The molecule has 0 amide bonds. The molecule has 35 heavy (non-hydrogen) atoms. The fraction of sp³-hybridized carbons (Fsp3) is 0.0645. The molecule has 0 unspecified atom stereocenters. The second-order valence-corrected chi connectivity index (χ2v) is 9.72. The molecule has 162 valence electrons. The van der Waals surface area contributed by atoms with Crippen LogP contribution in [0.3, 0.4) is 0 Å². The number of nitrogens with zero attached hydrogens (tertiary/aromatic N) is 4. The number of aromatic nitrogens is 4. The summed E-state index contributed by atoms with van der Waals surface area (Å²) in [7, 11) is 0. The summed E-state index contributed by atoms with van der Waals surface area (Å²) in [6.07, 6.45) is 5.68. The topological polar surface area (TPSA) is 43.1 Å². The average Bonchev–Trinajstić information content (AvgIpc) is 3.57. The molecule has 4 aromatic heterocycles. The van der Waals surface area contributed by atoms with E-state index in [0.717, 1.165) is 46.1 Å². The molecule has 0 fully saturated rings. The number of benzene rings is 3. The highest BCUT2D eigenvalue weighted by Gasteiger charge is 2.26. The van der Waals surface area contributed by atoms with Crippen LogP contribution < -0.4 is 0 Å². The van der Waals surface area contributed by atoms with Crippen LogP contribution >= 0.6 is 0 Å². The fourth-order valence-corrected chi connectivity index (χ4v) is 6.37. The van der Waals surface area contributed by atoms with Gasteiger partial charge in [-0.1, -0.05) is 30.3 Å². The first-order chi connectivity index (χ1) is 17.3. The summed E-state index contributed by atoms with van der Waals surface area (Å²) in [5.41, 5.74) is 14.7. The van der Waals surface area contributed by atoms with E-state index in [1.807, 2.05) is 30.6 Å². The lowest BCUT2D eigenvalue weighted by molar-refractivity contribution is 1.19. The maximum atomic E-state index is 5.02. The minimum absolute atomic E-state index is 0.850. The quantitative estimate of drug-likeness (QED) is 0.243. The SMILES string of the molecule is c1ccc2c(c1)Cc1cc3c(cc1-2)-c1cc2c(cc1C3)c1cccnc1n1c3ncccc3nc21. The molecule has 0 aliphatic heterocycles. The van der Waals surface area contributed by atoms with Gasteiger partial charge in [-0.25, -0.2) is 15.0 Å². The number of hydrogen-bond acceptors (Lipinski definition) is 3. The van der Waals surface area contributed by atoms with E-state index in [-0.39, 0.29) is 0 Å². The zero-order chi connectivity index (χ0) is 22.7. The van der Waals surface area contributed by atoms with Gasteiger partial charge in [-0.15, -0.1) is 0 Å². The van der Waals surface area contributed by atoms with Gasteiger partial charge >= 0.3 is 0 Å². The molecule has 0 atom stereocenters. The van der Waals surface area contributed by atoms with Crippen LogP contribution in [0.5, 0.6) is 0 Å². The Morgan fingerprint density at radius 2 is 1.26 bits per heavy atom. The summed E-state index contributed by atoms with van der Waals surface area (Å²) in [6.45, 7) is 0. The van der Waals surface area contributed by atoms with Gasteiger partial charge < -0.3 is 0 Å². The summed E-state index contributed by atoms with van der Waals surface area (Å²) in [5.74, 6) is 0. The van der Waals surface area contributed by atoms with Gasteiger partial charge in [0, 0.05) is 23.2 Å². The Hall–Kier alpha value is -4.57. The van der Waals surface area contributed by atoms with E-state index < -0.39 is 0 Å². The number of hydrogen-bond donors (Lipinski definition) is 0. The Balaban J connectivity index is 1.40. The molecular weight excluding hydrogens is 428 g/mol. The van der Waals surface area contributed by atoms with E-state index in [4.69, 9.17) is 9.97 Å². The molecule has 4 nitrogen and oxygen atoms in total. The summed E-state index contributed by atoms with van der Waals surface area (Å²) in [4.78, 5) is 14.4. The maximum Gasteiger partial charge on any atom is 0.166 e. The van der Waals surface area contributed by atoms with Gasteiger partial charge in [-0.2, -0.15) is 0 Å². The molecule has 0 radical (unpaired) electrons. The first kappa shape index (κ1) is 17.8. The van der Waals surface area contributed by atoms with Crippen LogP contribution in [0.2, 0.25) is 0 Å². The third-order valence-electron chi connectivity index (χ3n) is 7.88. The van der Waals surface area contributed by atoms with Crippen molar-refractivity contribution in [3.8, 4) is 22.3 Å². The summed E-state index contributed by atoms with van der Waals surface area (Å²) in [5, 5.41) is 3.49. The Bertz CT molecular complexity index is 2070. The van der Waals surface area contributed by atoms with Crippen molar-refractivity contribution in [2.24, 2.45) is 0 Å². The first-order valence-electron chi connectivity index (χ1n) is 12.0. The van der Waals surface area contributed by atoms with Gasteiger partial charge in [0.15, 0.2) is 5.65 Å². The molecule has 3 aromatic carbocycles. The highest BCUT2D eigenvalue weighted by atomic mass is 15.1. The lowest BCUT2D eigenvalue weighted by atomic mass is 9.96. The number of fused-ring (bicyclic) bond motifs is 14. The van der Waals surface area contributed by atoms with Gasteiger partial charge in [0.2, 0.25) is 0 Å². The van der Waals surface area contributed by atoms with Crippen LogP contribution in [-0.2, 0) is 12.8 Å². The molecule has 9 rings (SSSR count). The molecule has 2 aliphatic carbocycles. The zero-order valence-electron chi connectivity index (χ0n) is 18.8. The average molecular weight is 447 g/mol. The minimum atomic E-state index is 0.850. The third-order valence-corrected chi connectivity index (χ3v) is 7.88. The molecule has 7 aromatic rings. The second kappa shape index (κ2) is 6.10. The number of pyridine rings is 3. The van der Waals surface area contributed by atoms with E-state index in [0.29, 0.717) is 0 Å². The van der Waals surface area contributed by atoms with Crippen molar-refractivity contribution >= 4 is 38.6 Å². The molecule has 0 saturated heterocycles. The van der Waals surface area contributed by atoms with Crippen LogP contribution in [0.1, 0.15) is 22.3 Å². The Labute approximate surface area is 200 Å². The Kier molecular flexibility index (Phi) is 3.11. The lowest BCUT2D eigenvalue weighted by Crippen LogP contribution is -1.95.